The molecule has 0 fully saturated rings. The second-order valence-electron chi connectivity index (χ2n) is 10.0. The minimum absolute atomic E-state index is 0.125. The average molecular weight is 625 g/mol. The van der Waals surface area contributed by atoms with Crippen LogP contribution in [0.2, 0.25) is 0 Å². The lowest BCUT2D eigenvalue weighted by atomic mass is 10.1. The molecular weight excluding hydrogens is 592 g/mol. The number of methoxy groups -OCH3 is 4. The van der Waals surface area contributed by atoms with Gasteiger partial charge in [0.15, 0.2) is 28.8 Å². The van der Waals surface area contributed by atoms with Crippen molar-refractivity contribution in [3.63, 3.8) is 0 Å². The van der Waals surface area contributed by atoms with Gasteiger partial charge in [0.1, 0.15) is 12.3 Å². The molecule has 3 aromatic carbocycles. The smallest absolute Gasteiger partial charge is 0.299 e. The van der Waals surface area contributed by atoms with Gasteiger partial charge in [-0.25, -0.2) is 0 Å². The Bertz CT molecular complexity index is 1800. The zero-order chi connectivity index (χ0) is 32.6. The molecule has 0 unspecified atom stereocenters. The van der Waals surface area contributed by atoms with Crippen LogP contribution in [0.25, 0.3) is 12.2 Å². The number of fused-ring (bicyclic) bond motifs is 1. The molecule has 1 amide bonds. The summed E-state index contributed by atoms with van der Waals surface area (Å²) < 4.78 is 29.1. The van der Waals surface area contributed by atoms with Crippen LogP contribution >= 0.6 is 0 Å². The summed E-state index contributed by atoms with van der Waals surface area (Å²) in [6.07, 6.45) is 7.95. The molecule has 4 aromatic rings. The molecule has 2 heterocycles. The van der Waals surface area contributed by atoms with Gasteiger partial charge in [-0.3, -0.25) is 19.1 Å². The van der Waals surface area contributed by atoms with Gasteiger partial charge in [0.25, 0.3) is 11.7 Å². The van der Waals surface area contributed by atoms with Crippen LogP contribution in [0.3, 0.4) is 0 Å². The number of nitrogens with zero attached hydrogens (tertiary/aromatic N) is 4. The number of carbonyl (C=O) groups excluding carboxylic acids is 3. The first kappa shape index (κ1) is 31.5. The van der Waals surface area contributed by atoms with E-state index in [-0.39, 0.29) is 18.9 Å². The van der Waals surface area contributed by atoms with E-state index < -0.39 is 11.7 Å². The monoisotopic (exact) mass is 624 g/mol. The number of Topliss-reactive ketones (excluding diaryl/α,β-unsaturated/α-hetero) is 1. The second-order valence-corrected chi connectivity index (χ2v) is 10.0. The quantitative estimate of drug-likeness (QED) is 0.147. The maximum atomic E-state index is 12.5. The molecule has 1 aliphatic rings. The largest absolute Gasteiger partial charge is 0.493 e. The van der Waals surface area contributed by atoms with Crippen LogP contribution in [0.5, 0.6) is 28.7 Å². The van der Waals surface area contributed by atoms with Crippen molar-refractivity contribution >= 4 is 35.3 Å². The number of ketones is 2. The van der Waals surface area contributed by atoms with Crippen molar-refractivity contribution < 1.29 is 38.1 Å². The van der Waals surface area contributed by atoms with Crippen LogP contribution < -0.4 is 28.6 Å². The van der Waals surface area contributed by atoms with Crippen LogP contribution in [-0.4, -0.2) is 67.5 Å². The van der Waals surface area contributed by atoms with E-state index in [2.05, 4.69) is 10.3 Å². The van der Waals surface area contributed by atoms with Gasteiger partial charge in [-0.1, -0.05) is 35.6 Å². The van der Waals surface area contributed by atoms with Gasteiger partial charge < -0.3 is 28.6 Å². The maximum Gasteiger partial charge on any atom is 0.299 e. The number of ether oxygens (including phenoxy) is 5. The first-order chi connectivity index (χ1) is 22.3. The maximum absolute atomic E-state index is 12.5. The van der Waals surface area contributed by atoms with Crippen molar-refractivity contribution in [3.05, 3.63) is 95.3 Å². The summed E-state index contributed by atoms with van der Waals surface area (Å²) in [7, 11) is 6.11. The molecular formula is C34H32N4O8. The molecule has 1 aliphatic heterocycles. The summed E-state index contributed by atoms with van der Waals surface area (Å²) in [4.78, 5) is 38.6. The number of benzene rings is 3. The van der Waals surface area contributed by atoms with Crippen LogP contribution in [0, 0.1) is 0 Å². The molecule has 5 rings (SSSR count). The molecule has 46 heavy (non-hydrogen) atoms. The first-order valence-electron chi connectivity index (χ1n) is 14.2. The SMILES string of the molecule is COc1cc(/C=C/C(=O)/C=C/c2cc(OC)c(OC)c(OC)c2)ccc1OCc1cn(CCN2C(=O)C(=O)c3ccccc32)nn1. The summed E-state index contributed by atoms with van der Waals surface area (Å²) in [5.41, 5.74) is 3.03. The van der Waals surface area contributed by atoms with Crippen LogP contribution in [-0.2, 0) is 22.7 Å². The molecule has 0 saturated carbocycles. The highest BCUT2D eigenvalue weighted by Gasteiger charge is 2.35. The van der Waals surface area contributed by atoms with Gasteiger partial charge in [-0.15, -0.1) is 5.10 Å². The van der Waals surface area contributed by atoms with E-state index in [9.17, 15) is 14.4 Å². The van der Waals surface area contributed by atoms with Gasteiger partial charge in [-0.05, 0) is 59.7 Å². The standard InChI is InChI=1S/C34H32N4O8/c1-42-29-17-22(9-12-25(39)13-10-23-18-30(43-2)33(45-4)31(19-23)44-3)11-14-28(29)46-21-24-20-37(36-35-24)15-16-38-27-8-6-5-7-26(27)32(40)34(38)41/h5-14,17-20H,15-16,21H2,1-4H3/b12-9+,13-10+. The van der Waals surface area contributed by atoms with E-state index in [1.807, 2.05) is 0 Å². The van der Waals surface area contributed by atoms with Crippen molar-refractivity contribution in [3.8, 4) is 28.7 Å². The van der Waals surface area contributed by atoms with Gasteiger partial charge in [-0.2, -0.15) is 0 Å². The molecule has 0 bridgehead atoms. The van der Waals surface area contributed by atoms with Gasteiger partial charge >= 0.3 is 0 Å². The van der Waals surface area contributed by atoms with Crippen LogP contribution in [0.4, 0.5) is 5.69 Å². The van der Waals surface area contributed by atoms with Gasteiger partial charge in [0.2, 0.25) is 5.75 Å². The molecule has 0 radical (unpaired) electrons. The Morgan fingerprint density at radius 1 is 0.783 bits per heavy atom. The number of hydrogen-bond acceptors (Lipinski definition) is 10. The Hall–Kier alpha value is -5.91. The van der Waals surface area contributed by atoms with E-state index >= 15 is 0 Å². The second kappa shape index (κ2) is 14.2. The third-order valence-electron chi connectivity index (χ3n) is 7.15. The zero-order valence-corrected chi connectivity index (χ0v) is 25.8. The van der Waals surface area contributed by atoms with Crippen LogP contribution in [0.1, 0.15) is 27.2 Å². The number of amides is 1. The number of hydrogen-bond donors (Lipinski definition) is 0. The predicted molar refractivity (Wildman–Crippen MR) is 170 cm³/mol. The Labute approximate surface area is 265 Å². The van der Waals surface area contributed by atoms with Crippen LogP contribution in [0.15, 0.2) is 72.9 Å². The molecule has 0 N–H and O–H groups in total. The van der Waals surface area contributed by atoms with E-state index in [0.29, 0.717) is 57.8 Å². The lowest BCUT2D eigenvalue weighted by Crippen LogP contribution is -2.32. The minimum atomic E-state index is -0.549. The summed E-state index contributed by atoms with van der Waals surface area (Å²) >= 11 is 0. The third-order valence-corrected chi connectivity index (χ3v) is 7.15. The zero-order valence-electron chi connectivity index (χ0n) is 25.8. The molecule has 12 nitrogen and oxygen atoms in total. The molecule has 0 aliphatic carbocycles. The van der Waals surface area contributed by atoms with E-state index in [1.54, 1.807) is 77.6 Å². The third kappa shape index (κ3) is 6.91. The average Bonchev–Trinajstić information content (AvgIpc) is 3.64. The van der Waals surface area contributed by atoms with Crippen molar-refractivity contribution in [2.75, 3.05) is 39.9 Å². The van der Waals surface area contributed by atoms with Crippen molar-refractivity contribution in [2.45, 2.75) is 13.2 Å². The molecule has 236 valence electrons. The van der Waals surface area contributed by atoms with E-state index in [1.165, 1.54) is 45.5 Å². The molecule has 0 spiro atoms. The fraction of sp³-hybridized carbons (Fsp3) is 0.206. The Morgan fingerprint density at radius 3 is 2.15 bits per heavy atom. The molecule has 1 aromatic heterocycles. The van der Waals surface area contributed by atoms with E-state index in [0.717, 1.165) is 5.56 Å². The number of aromatic nitrogens is 3. The summed E-state index contributed by atoms with van der Waals surface area (Å²) in [5, 5.41) is 8.26. The van der Waals surface area contributed by atoms with Crippen molar-refractivity contribution in [1.82, 2.24) is 15.0 Å². The fourth-order valence-corrected chi connectivity index (χ4v) is 4.86. The van der Waals surface area contributed by atoms with E-state index in [4.69, 9.17) is 23.7 Å². The lowest BCUT2D eigenvalue weighted by Gasteiger charge is -2.15. The molecule has 0 saturated heterocycles. The Kier molecular flexibility index (Phi) is 9.76. The lowest BCUT2D eigenvalue weighted by molar-refractivity contribution is -0.114. The molecule has 12 heteroatoms. The number of carbonyl (C=O) groups is 3. The summed E-state index contributed by atoms with van der Waals surface area (Å²) in [6, 6.07) is 15.7. The fourth-order valence-electron chi connectivity index (χ4n) is 4.86. The highest BCUT2D eigenvalue weighted by Crippen LogP contribution is 2.38. The number of anilines is 1. The van der Waals surface area contributed by atoms with Crippen molar-refractivity contribution in [1.29, 1.82) is 0 Å². The van der Waals surface area contributed by atoms with Gasteiger partial charge in [0, 0.05) is 6.54 Å². The summed E-state index contributed by atoms with van der Waals surface area (Å²) in [5.74, 6) is 1.14. The highest BCUT2D eigenvalue weighted by molar-refractivity contribution is 6.52. The Balaban J connectivity index is 1.16. The highest BCUT2D eigenvalue weighted by atomic mass is 16.5. The predicted octanol–water partition coefficient (Wildman–Crippen LogP) is 4.42. The number of para-hydroxylation sites is 1. The normalized spacial score (nSPS) is 12.6. The van der Waals surface area contributed by atoms with Crippen molar-refractivity contribution in [2.24, 2.45) is 0 Å². The summed E-state index contributed by atoms with van der Waals surface area (Å²) in [6.45, 7) is 0.748. The molecule has 0 atom stereocenters. The topological polar surface area (TPSA) is 131 Å². The number of allylic oxidation sites excluding steroid dienone is 2. The number of rotatable bonds is 14. The Morgan fingerprint density at radius 2 is 1.46 bits per heavy atom. The first-order valence-corrected chi connectivity index (χ1v) is 14.2. The minimum Gasteiger partial charge on any atom is -0.493 e. The van der Waals surface area contributed by atoms with Gasteiger partial charge in [0.05, 0.1) is 52.4 Å².